The van der Waals surface area contributed by atoms with E-state index < -0.39 is 10.8 Å². The smallest absolute Gasteiger partial charge is 0.537 e. The lowest BCUT2D eigenvalue weighted by Gasteiger charge is -2.39. The first-order valence-corrected chi connectivity index (χ1v) is 35.4. The highest BCUT2D eigenvalue weighted by Gasteiger charge is 2.52. The van der Waals surface area contributed by atoms with Crippen molar-refractivity contribution >= 4 is 62.9 Å². The number of fused-ring (bicyclic) bond motifs is 24. The third-order valence-electron chi connectivity index (χ3n) is 21.5. The number of nitrogens with zero attached hydrogens (tertiary/aromatic N) is 6. The summed E-state index contributed by atoms with van der Waals surface area (Å²) in [4.78, 5) is 19.2. The fourth-order valence-corrected chi connectivity index (χ4v) is 17.5. The van der Waals surface area contributed by atoms with Gasteiger partial charge in [-0.2, -0.15) is 0 Å². The van der Waals surface area contributed by atoms with E-state index in [1.807, 2.05) is 91.0 Å². The first-order chi connectivity index (χ1) is 51.5. The molecule has 487 valence electrons. The minimum atomic E-state index is -0.471. The maximum absolute atomic E-state index is 9.38. The Bertz CT molecular complexity index is 6270. The van der Waals surface area contributed by atoms with Gasteiger partial charge in [0.15, 0.2) is 11.6 Å². The van der Waals surface area contributed by atoms with Crippen molar-refractivity contribution < 1.29 is 9.68 Å². The van der Waals surface area contributed by atoms with Crippen LogP contribution >= 0.6 is 11.6 Å². The number of hydrogen-bond donors (Lipinski definition) is 1. The minimum Gasteiger partial charge on any atom is -0.537 e. The van der Waals surface area contributed by atoms with Crippen LogP contribution < -0.4 is 4.65 Å². The standard InChI is InChI=1S/C47H29N3.C31H19BNO2.C16H11ClN2/c1-3-14-30(15-4-1)41-29-42(49-46(48-41)31-16-5-2-6-17-31)32-26-27-39-44(28-32)50-43-25-12-9-20-35(43)36-21-13-24-40(45(36)50)47(39)37-22-10-7-18-33(37)34-19-8-11-23-38(34)47;34-32-35-19-16-17-26-29(18-19)33-28-15-6-3-10-22(28)23-11-7-14-27(30(23)33)31(26)24-12-4-1-8-20(24)21-9-2-5-13-25(21)31;17-15-11-14(12-7-3-1-4-8-12)18-16(19-15)13-9-5-2-6-10-13/h1-29H;1-18,34H;1-11H. The lowest BCUT2D eigenvalue weighted by atomic mass is 9.65. The van der Waals surface area contributed by atoms with Gasteiger partial charge in [-0.3, -0.25) is 0 Å². The van der Waals surface area contributed by atoms with E-state index in [0.717, 1.165) is 63.8 Å². The zero-order chi connectivity index (χ0) is 69.0. The highest BCUT2D eigenvalue weighted by molar-refractivity contribution is 6.29. The number of para-hydroxylation sites is 4. The van der Waals surface area contributed by atoms with Crippen molar-refractivity contribution in [3.8, 4) is 95.9 Å². The summed E-state index contributed by atoms with van der Waals surface area (Å²) in [6, 6.07) is 124. The van der Waals surface area contributed by atoms with Crippen LogP contribution in [0.2, 0.25) is 5.15 Å². The first kappa shape index (κ1) is 60.9. The summed E-state index contributed by atoms with van der Waals surface area (Å²) < 4.78 is 10.3. The lowest BCUT2D eigenvalue weighted by molar-refractivity contribution is 0.453. The molecular formula is C94H59BClN6O2. The van der Waals surface area contributed by atoms with Crippen LogP contribution in [0.3, 0.4) is 0 Å². The van der Waals surface area contributed by atoms with E-state index in [4.69, 9.17) is 26.2 Å². The normalized spacial score (nSPS) is 13.1. The Hall–Kier alpha value is -13.0. The topological polar surface area (TPSA) is 90.9 Å². The highest BCUT2D eigenvalue weighted by atomic mass is 35.5. The van der Waals surface area contributed by atoms with E-state index in [1.165, 1.54) is 111 Å². The van der Waals surface area contributed by atoms with Gasteiger partial charge in [0, 0.05) is 61.5 Å². The number of aromatic nitrogens is 6. The van der Waals surface area contributed by atoms with Gasteiger partial charge in [0.1, 0.15) is 10.9 Å². The average molecular weight is 1350 g/mol. The van der Waals surface area contributed by atoms with Crippen LogP contribution in [0.15, 0.2) is 352 Å². The van der Waals surface area contributed by atoms with Crippen molar-refractivity contribution in [2.24, 2.45) is 0 Å². The molecule has 0 saturated heterocycles. The molecule has 0 amide bonds. The van der Waals surface area contributed by atoms with Crippen LogP contribution in [-0.4, -0.2) is 41.8 Å². The van der Waals surface area contributed by atoms with Gasteiger partial charge < -0.3 is 18.8 Å². The van der Waals surface area contributed by atoms with Crippen LogP contribution in [0.4, 0.5) is 0 Å². The van der Waals surface area contributed by atoms with Crippen molar-refractivity contribution in [1.29, 1.82) is 0 Å². The maximum atomic E-state index is 9.38. The summed E-state index contributed by atoms with van der Waals surface area (Å²) in [6.45, 7) is 0. The Labute approximate surface area is 606 Å². The molecule has 4 aliphatic rings. The molecule has 2 aliphatic heterocycles. The Morgan fingerprint density at radius 1 is 0.288 bits per heavy atom. The molecule has 104 heavy (non-hydrogen) atoms. The first-order valence-electron chi connectivity index (χ1n) is 35.0. The second-order valence-electron chi connectivity index (χ2n) is 26.8. The molecule has 0 fully saturated rings. The molecule has 14 aromatic carbocycles. The largest absolute Gasteiger partial charge is 0.569 e. The van der Waals surface area contributed by atoms with E-state index in [2.05, 4.69) is 274 Å². The van der Waals surface area contributed by atoms with Gasteiger partial charge in [-0.15, -0.1) is 0 Å². The van der Waals surface area contributed by atoms with Crippen molar-refractivity contribution in [2.45, 2.75) is 10.8 Å². The van der Waals surface area contributed by atoms with Gasteiger partial charge in [0.2, 0.25) is 0 Å². The molecule has 0 saturated carbocycles. The predicted molar refractivity (Wildman–Crippen MR) is 422 cm³/mol. The summed E-state index contributed by atoms with van der Waals surface area (Å²) in [6.07, 6.45) is 0. The summed E-state index contributed by atoms with van der Waals surface area (Å²) >= 11 is 6.10. The van der Waals surface area contributed by atoms with Crippen molar-refractivity contribution in [3.63, 3.8) is 0 Å². The molecule has 22 rings (SSSR count). The zero-order valence-corrected chi connectivity index (χ0v) is 56.7. The molecule has 0 atom stereocenters. The van der Waals surface area contributed by atoms with Crippen molar-refractivity contribution in [3.05, 3.63) is 402 Å². The fourth-order valence-electron chi connectivity index (χ4n) is 17.4. The molecule has 2 spiro atoms. The fraction of sp³-hybridized carbons (Fsp3) is 0.0213. The van der Waals surface area contributed by atoms with Gasteiger partial charge in [-0.05, 0) is 97.1 Å². The molecule has 0 bridgehead atoms. The molecule has 2 aliphatic carbocycles. The molecule has 1 N–H and O–H groups in total. The van der Waals surface area contributed by atoms with E-state index in [-0.39, 0.29) is 0 Å². The number of halogens is 1. The van der Waals surface area contributed by atoms with Crippen LogP contribution in [0.1, 0.15) is 44.5 Å². The molecule has 6 heterocycles. The Morgan fingerprint density at radius 3 is 1.11 bits per heavy atom. The van der Waals surface area contributed by atoms with Gasteiger partial charge in [-0.1, -0.05) is 321 Å². The second-order valence-corrected chi connectivity index (χ2v) is 27.1. The van der Waals surface area contributed by atoms with Gasteiger partial charge >= 0.3 is 7.69 Å². The van der Waals surface area contributed by atoms with Crippen LogP contribution in [-0.2, 0) is 10.8 Å². The van der Waals surface area contributed by atoms with E-state index in [0.29, 0.717) is 22.6 Å². The SMILES string of the molecule is Clc1cc(-c2ccccc2)nc(-c2ccccc2)n1.O[B]Oc1ccc2c(c1)-n1c3ccccc3c3cccc(c31)C21c2ccccc2-c2ccccc21.c1ccc(-c2cc(-c3ccc4c(c3)-n3c5ccccc5c5cccc(c53)C43c4ccccc4-c4ccccc43)nc(-c3ccccc3)n2)cc1. The summed E-state index contributed by atoms with van der Waals surface area (Å²) in [7, 11) is 0.748. The van der Waals surface area contributed by atoms with Gasteiger partial charge in [0.25, 0.3) is 0 Å². The number of benzene rings is 14. The Balaban J connectivity index is 0.000000115. The summed E-state index contributed by atoms with van der Waals surface area (Å²) in [5.74, 6) is 1.96. The summed E-state index contributed by atoms with van der Waals surface area (Å²) in [5, 5.41) is 14.8. The molecule has 10 heteroatoms. The molecule has 1 radical (unpaired) electrons. The molecule has 18 aromatic rings. The van der Waals surface area contributed by atoms with E-state index >= 15 is 0 Å². The number of rotatable bonds is 7. The predicted octanol–water partition coefficient (Wildman–Crippen LogP) is 22.1. The van der Waals surface area contributed by atoms with Gasteiger partial charge in [-0.25, -0.2) is 19.9 Å². The van der Waals surface area contributed by atoms with Crippen LogP contribution in [0, 0.1) is 0 Å². The molecular weight excluding hydrogens is 1290 g/mol. The second kappa shape index (κ2) is 24.4. The molecule has 4 aromatic heterocycles. The maximum Gasteiger partial charge on any atom is 0.569 e. The minimum absolute atomic E-state index is 0.451. The lowest BCUT2D eigenvalue weighted by Crippen LogP contribution is -2.33. The summed E-state index contributed by atoms with van der Waals surface area (Å²) in [5.41, 5.74) is 29.5. The van der Waals surface area contributed by atoms with Crippen molar-refractivity contribution in [2.75, 3.05) is 0 Å². The third-order valence-corrected chi connectivity index (χ3v) is 21.7. The number of hydrogen-bond acceptors (Lipinski definition) is 6. The van der Waals surface area contributed by atoms with Gasteiger partial charge in [0.05, 0.1) is 61.4 Å². The van der Waals surface area contributed by atoms with E-state index in [9.17, 15) is 5.02 Å². The zero-order valence-electron chi connectivity index (χ0n) is 56.0. The average Bonchev–Trinajstić information content (AvgIpc) is 1.49. The van der Waals surface area contributed by atoms with Crippen molar-refractivity contribution in [1.82, 2.24) is 29.1 Å². The Morgan fingerprint density at radius 2 is 0.644 bits per heavy atom. The molecule has 0 unspecified atom stereocenters. The third kappa shape index (κ3) is 9.17. The van der Waals surface area contributed by atoms with Crippen LogP contribution in [0.25, 0.3) is 134 Å². The monoisotopic (exact) mass is 1350 g/mol. The quantitative estimate of drug-likeness (QED) is 0.126. The Kier molecular flexibility index (Phi) is 14.3. The van der Waals surface area contributed by atoms with Crippen LogP contribution in [0.5, 0.6) is 5.75 Å². The highest BCUT2D eigenvalue weighted by Crippen LogP contribution is 2.63. The van der Waals surface area contributed by atoms with E-state index in [1.54, 1.807) is 6.07 Å². The molecule has 8 nitrogen and oxygen atoms in total.